The van der Waals surface area contributed by atoms with Crippen molar-refractivity contribution in [1.29, 1.82) is 0 Å². The fourth-order valence-electron chi connectivity index (χ4n) is 2.09. The van der Waals surface area contributed by atoms with Crippen LogP contribution in [0.25, 0.3) is 0 Å². The molecule has 0 aliphatic carbocycles. The first-order valence-corrected chi connectivity index (χ1v) is 6.20. The number of rotatable bonds is 5. The summed E-state index contributed by atoms with van der Waals surface area (Å²) in [6.07, 6.45) is 3.68. The van der Waals surface area contributed by atoms with Crippen molar-refractivity contribution in [3.05, 3.63) is 12.2 Å². The van der Waals surface area contributed by atoms with Gasteiger partial charge in [0.05, 0.1) is 5.38 Å². The molecule has 88 valence electrons. The van der Waals surface area contributed by atoms with Crippen molar-refractivity contribution in [1.82, 2.24) is 4.90 Å². The molecule has 0 amide bonds. The number of hydrogen-bond acceptors (Lipinski definition) is 2. The number of aliphatic hydroxyl groups is 1. The van der Waals surface area contributed by atoms with E-state index < -0.39 is 5.72 Å². The maximum atomic E-state index is 10.5. The molecule has 0 saturated carbocycles. The Morgan fingerprint density at radius 2 is 2.07 bits per heavy atom. The van der Waals surface area contributed by atoms with Crippen LogP contribution in [-0.2, 0) is 0 Å². The van der Waals surface area contributed by atoms with E-state index >= 15 is 0 Å². The van der Waals surface area contributed by atoms with E-state index in [0.717, 1.165) is 25.1 Å². The normalized spacial score (nSPS) is 23.7. The zero-order valence-electron chi connectivity index (χ0n) is 9.80. The molecule has 1 aliphatic heterocycles. The molecule has 2 unspecified atom stereocenters. The maximum absolute atomic E-state index is 10.5. The maximum Gasteiger partial charge on any atom is 0.119 e. The van der Waals surface area contributed by atoms with E-state index in [9.17, 15) is 5.11 Å². The summed E-state index contributed by atoms with van der Waals surface area (Å²) in [4.78, 5) is 2.16. The molecule has 1 aliphatic rings. The van der Waals surface area contributed by atoms with Crippen LogP contribution in [0.15, 0.2) is 12.2 Å². The van der Waals surface area contributed by atoms with Gasteiger partial charge in [0, 0.05) is 19.5 Å². The lowest BCUT2D eigenvalue weighted by Gasteiger charge is -2.38. The first-order chi connectivity index (χ1) is 6.99. The van der Waals surface area contributed by atoms with Gasteiger partial charge in [0.15, 0.2) is 0 Å². The van der Waals surface area contributed by atoms with Crippen LogP contribution in [0.5, 0.6) is 0 Å². The molecule has 0 aromatic rings. The van der Waals surface area contributed by atoms with Crippen LogP contribution in [0.4, 0.5) is 0 Å². The second kappa shape index (κ2) is 5.33. The first-order valence-electron chi connectivity index (χ1n) is 5.76. The van der Waals surface area contributed by atoms with E-state index in [4.69, 9.17) is 11.6 Å². The average molecular weight is 232 g/mol. The van der Waals surface area contributed by atoms with E-state index in [1.165, 1.54) is 12.8 Å². The van der Waals surface area contributed by atoms with Crippen molar-refractivity contribution in [2.75, 3.05) is 13.1 Å². The van der Waals surface area contributed by atoms with Crippen molar-refractivity contribution in [2.24, 2.45) is 0 Å². The van der Waals surface area contributed by atoms with Gasteiger partial charge in [-0.15, -0.1) is 11.6 Å². The summed E-state index contributed by atoms with van der Waals surface area (Å²) < 4.78 is 0. The lowest BCUT2D eigenvalue weighted by Crippen LogP contribution is -2.48. The highest BCUT2D eigenvalue weighted by molar-refractivity contribution is 6.22. The van der Waals surface area contributed by atoms with Gasteiger partial charge in [-0.2, -0.15) is 0 Å². The fraction of sp³-hybridized carbons (Fsp3) is 0.833. The number of likely N-dealkylation sites (tertiary alicyclic amines) is 1. The Hall–Kier alpha value is -0.0500. The number of hydrogen-bond donors (Lipinski definition) is 1. The molecule has 0 radical (unpaired) electrons. The van der Waals surface area contributed by atoms with E-state index in [0.29, 0.717) is 6.42 Å². The highest BCUT2D eigenvalue weighted by Gasteiger charge is 2.36. The van der Waals surface area contributed by atoms with Crippen LogP contribution in [-0.4, -0.2) is 34.2 Å². The predicted octanol–water partition coefficient (Wildman–Crippen LogP) is 2.75. The topological polar surface area (TPSA) is 23.5 Å². The Labute approximate surface area is 97.9 Å². The predicted molar refractivity (Wildman–Crippen MR) is 65.1 cm³/mol. The minimum absolute atomic E-state index is 0.129. The van der Waals surface area contributed by atoms with Gasteiger partial charge >= 0.3 is 0 Å². The van der Waals surface area contributed by atoms with Gasteiger partial charge in [-0.25, -0.2) is 0 Å². The Balaban J connectivity index is 2.62. The van der Waals surface area contributed by atoms with E-state index in [2.05, 4.69) is 11.5 Å². The molecular weight excluding hydrogens is 210 g/mol. The van der Waals surface area contributed by atoms with Gasteiger partial charge in [0.1, 0.15) is 5.72 Å². The van der Waals surface area contributed by atoms with Crippen LogP contribution in [0.1, 0.15) is 39.5 Å². The third-order valence-corrected chi connectivity index (χ3v) is 3.83. The monoisotopic (exact) mass is 231 g/mol. The molecule has 3 heteroatoms. The third kappa shape index (κ3) is 3.20. The highest BCUT2D eigenvalue weighted by Crippen LogP contribution is 2.30. The van der Waals surface area contributed by atoms with Gasteiger partial charge < -0.3 is 5.11 Å². The summed E-state index contributed by atoms with van der Waals surface area (Å²) in [6.45, 7) is 9.75. The summed E-state index contributed by atoms with van der Waals surface area (Å²) in [5, 5.41) is 10.4. The molecule has 1 N–H and O–H groups in total. The van der Waals surface area contributed by atoms with Gasteiger partial charge in [0.25, 0.3) is 0 Å². The molecule has 15 heavy (non-hydrogen) atoms. The van der Waals surface area contributed by atoms with Gasteiger partial charge in [-0.05, 0) is 26.2 Å². The summed E-state index contributed by atoms with van der Waals surface area (Å²) in [6, 6.07) is 0. The molecular formula is C12H22ClNO. The zero-order valence-corrected chi connectivity index (χ0v) is 10.6. The summed E-state index contributed by atoms with van der Waals surface area (Å²) in [5.41, 5.74) is 0.199. The Bertz CT molecular complexity index is 226. The molecule has 1 heterocycles. The lowest BCUT2D eigenvalue weighted by molar-refractivity contribution is -0.105. The molecule has 0 spiro atoms. The molecule has 1 rings (SSSR count). The quantitative estimate of drug-likeness (QED) is 0.581. The SMILES string of the molecule is C=C(C)C(Cl)CC(O)(CC)N1CCCC1. The van der Waals surface area contributed by atoms with Crippen molar-refractivity contribution >= 4 is 11.6 Å². The fourth-order valence-corrected chi connectivity index (χ4v) is 2.34. The van der Waals surface area contributed by atoms with Crippen molar-refractivity contribution in [2.45, 2.75) is 50.6 Å². The minimum Gasteiger partial charge on any atom is -0.376 e. The molecule has 1 saturated heterocycles. The summed E-state index contributed by atoms with van der Waals surface area (Å²) in [5.74, 6) is 0. The van der Waals surface area contributed by atoms with Crippen LogP contribution >= 0.6 is 11.6 Å². The second-order valence-corrected chi connectivity index (χ2v) is 5.08. The van der Waals surface area contributed by atoms with Gasteiger partial charge in [-0.1, -0.05) is 19.1 Å². The van der Waals surface area contributed by atoms with Crippen molar-refractivity contribution in [3.8, 4) is 0 Å². The molecule has 2 nitrogen and oxygen atoms in total. The Morgan fingerprint density at radius 3 is 2.47 bits per heavy atom. The zero-order chi connectivity index (χ0) is 11.5. The number of allylic oxidation sites excluding steroid dienone is 1. The second-order valence-electron chi connectivity index (χ2n) is 4.55. The molecule has 0 aromatic carbocycles. The number of nitrogens with zero attached hydrogens (tertiary/aromatic N) is 1. The lowest BCUT2D eigenvalue weighted by atomic mass is 9.99. The van der Waals surface area contributed by atoms with Crippen LogP contribution in [0, 0.1) is 0 Å². The first kappa shape index (κ1) is 13.0. The van der Waals surface area contributed by atoms with Gasteiger partial charge in [0.2, 0.25) is 0 Å². The van der Waals surface area contributed by atoms with Crippen molar-refractivity contribution in [3.63, 3.8) is 0 Å². The smallest absolute Gasteiger partial charge is 0.119 e. The number of alkyl halides is 1. The van der Waals surface area contributed by atoms with E-state index in [1.807, 2.05) is 13.8 Å². The molecule has 1 fully saturated rings. The third-order valence-electron chi connectivity index (χ3n) is 3.30. The highest BCUT2D eigenvalue weighted by atomic mass is 35.5. The van der Waals surface area contributed by atoms with Crippen LogP contribution in [0.2, 0.25) is 0 Å². The van der Waals surface area contributed by atoms with Crippen LogP contribution in [0.3, 0.4) is 0 Å². The summed E-state index contributed by atoms with van der Waals surface area (Å²) >= 11 is 6.17. The van der Waals surface area contributed by atoms with E-state index in [1.54, 1.807) is 0 Å². The average Bonchev–Trinajstić information content (AvgIpc) is 2.70. The minimum atomic E-state index is -0.734. The largest absolute Gasteiger partial charge is 0.376 e. The molecule has 0 aromatic heterocycles. The van der Waals surface area contributed by atoms with Crippen molar-refractivity contribution < 1.29 is 5.11 Å². The molecule has 0 bridgehead atoms. The standard InChI is InChI=1S/C12H22ClNO/c1-4-12(15,9-11(13)10(2)3)14-7-5-6-8-14/h11,15H,2,4-9H2,1,3H3. The van der Waals surface area contributed by atoms with E-state index in [-0.39, 0.29) is 5.38 Å². The van der Waals surface area contributed by atoms with Crippen LogP contribution < -0.4 is 0 Å². The summed E-state index contributed by atoms with van der Waals surface area (Å²) in [7, 11) is 0. The number of halogens is 1. The molecule has 2 atom stereocenters. The Kier molecular flexibility index (Phi) is 4.63. The Morgan fingerprint density at radius 1 is 1.53 bits per heavy atom. The van der Waals surface area contributed by atoms with Gasteiger partial charge in [-0.3, -0.25) is 4.90 Å².